The van der Waals surface area contributed by atoms with Crippen molar-refractivity contribution in [2.45, 2.75) is 25.9 Å². The number of aromatic nitrogens is 1. The molecule has 0 aliphatic rings. The molecule has 1 aromatic rings. The molecule has 0 aromatic carbocycles. The van der Waals surface area contributed by atoms with Gasteiger partial charge in [0.1, 0.15) is 0 Å². The zero-order valence-electron chi connectivity index (χ0n) is 7.70. The lowest BCUT2D eigenvalue weighted by Gasteiger charge is -2.09. The van der Waals surface area contributed by atoms with E-state index in [1.165, 1.54) is 5.56 Å². The summed E-state index contributed by atoms with van der Waals surface area (Å²) in [7, 11) is 0. The van der Waals surface area contributed by atoms with Crippen LogP contribution >= 0.6 is 0 Å². The topological polar surface area (TPSA) is 48.7 Å². The average molecular weight is 175 g/mol. The molecule has 0 amide bonds. The summed E-state index contributed by atoms with van der Waals surface area (Å²) < 4.78 is 0. The maximum atomic E-state index is 8.43. The zero-order chi connectivity index (χ0) is 9.52. The highest BCUT2D eigenvalue weighted by molar-refractivity contribution is 5.09. The molecule has 3 heteroatoms. The third-order valence-electron chi connectivity index (χ3n) is 1.80. The first-order valence-corrected chi connectivity index (χ1v) is 4.32. The van der Waals surface area contributed by atoms with E-state index >= 15 is 0 Å². The van der Waals surface area contributed by atoms with Gasteiger partial charge < -0.3 is 5.32 Å². The molecule has 0 saturated carbocycles. The maximum absolute atomic E-state index is 8.43. The summed E-state index contributed by atoms with van der Waals surface area (Å²) in [6.45, 7) is 2.80. The molecule has 13 heavy (non-hydrogen) atoms. The van der Waals surface area contributed by atoms with Crippen LogP contribution in [0.4, 0.5) is 0 Å². The number of rotatable bonds is 4. The van der Waals surface area contributed by atoms with Crippen LogP contribution in [0.25, 0.3) is 0 Å². The Labute approximate surface area is 78.4 Å². The van der Waals surface area contributed by atoms with Crippen molar-refractivity contribution >= 4 is 0 Å². The quantitative estimate of drug-likeness (QED) is 0.754. The van der Waals surface area contributed by atoms with Crippen molar-refractivity contribution in [1.29, 1.82) is 5.26 Å². The van der Waals surface area contributed by atoms with E-state index in [2.05, 4.69) is 16.4 Å². The third kappa shape index (κ3) is 3.68. The Hall–Kier alpha value is -1.40. The molecule has 1 rings (SSSR count). The number of nitriles is 1. The summed E-state index contributed by atoms with van der Waals surface area (Å²) in [6, 6.07) is 6.31. The van der Waals surface area contributed by atoms with Crippen molar-refractivity contribution in [1.82, 2.24) is 10.3 Å². The van der Waals surface area contributed by atoms with E-state index in [4.69, 9.17) is 5.26 Å². The van der Waals surface area contributed by atoms with Crippen molar-refractivity contribution in [3.63, 3.8) is 0 Å². The Balaban J connectivity index is 2.32. The Morgan fingerprint density at radius 1 is 1.54 bits per heavy atom. The van der Waals surface area contributed by atoms with E-state index in [0.717, 1.165) is 6.54 Å². The van der Waals surface area contributed by atoms with Gasteiger partial charge in [0.05, 0.1) is 12.5 Å². The molecule has 68 valence electrons. The van der Waals surface area contributed by atoms with Crippen LogP contribution in [0, 0.1) is 11.3 Å². The standard InChI is InChI=1S/C10H13N3/c1-9(2-5-11)13-8-10-3-6-12-7-4-10/h3-4,6-7,9,13H,2,8H2,1H3. The average Bonchev–Trinajstić information content (AvgIpc) is 2.17. The fourth-order valence-electron chi connectivity index (χ4n) is 1.00. The third-order valence-corrected chi connectivity index (χ3v) is 1.80. The van der Waals surface area contributed by atoms with Crippen LogP contribution < -0.4 is 5.32 Å². The molecule has 1 heterocycles. The van der Waals surface area contributed by atoms with Crippen LogP contribution in [0.5, 0.6) is 0 Å². The van der Waals surface area contributed by atoms with E-state index in [1.807, 2.05) is 19.1 Å². The minimum absolute atomic E-state index is 0.248. The number of hydrogen-bond donors (Lipinski definition) is 1. The lowest BCUT2D eigenvalue weighted by molar-refractivity contribution is 0.557. The van der Waals surface area contributed by atoms with E-state index in [0.29, 0.717) is 6.42 Å². The highest BCUT2D eigenvalue weighted by Gasteiger charge is 1.99. The second-order valence-corrected chi connectivity index (χ2v) is 3.00. The summed E-state index contributed by atoms with van der Waals surface area (Å²) in [5.74, 6) is 0. The Kier molecular flexibility index (Phi) is 3.94. The highest BCUT2D eigenvalue weighted by Crippen LogP contribution is 1.97. The van der Waals surface area contributed by atoms with E-state index in [-0.39, 0.29) is 6.04 Å². The van der Waals surface area contributed by atoms with Crippen molar-refractivity contribution in [2.75, 3.05) is 0 Å². The summed E-state index contributed by atoms with van der Waals surface area (Å²) in [5.41, 5.74) is 1.19. The van der Waals surface area contributed by atoms with Gasteiger partial charge in [-0.1, -0.05) is 0 Å². The molecule has 0 aliphatic carbocycles. The Morgan fingerprint density at radius 2 is 2.23 bits per heavy atom. The summed E-state index contributed by atoms with van der Waals surface area (Å²) in [5, 5.41) is 11.7. The summed E-state index contributed by atoms with van der Waals surface area (Å²) >= 11 is 0. The normalized spacial score (nSPS) is 12.0. The van der Waals surface area contributed by atoms with Crippen LogP contribution in [0.15, 0.2) is 24.5 Å². The van der Waals surface area contributed by atoms with Crippen LogP contribution in [0.3, 0.4) is 0 Å². The van der Waals surface area contributed by atoms with Crippen molar-refractivity contribution in [2.24, 2.45) is 0 Å². The number of nitrogens with zero attached hydrogens (tertiary/aromatic N) is 2. The van der Waals surface area contributed by atoms with Gasteiger partial charge in [-0.15, -0.1) is 0 Å². The monoisotopic (exact) mass is 175 g/mol. The van der Waals surface area contributed by atoms with Crippen molar-refractivity contribution in [3.8, 4) is 6.07 Å². The molecule has 0 fully saturated rings. The molecular weight excluding hydrogens is 162 g/mol. The molecule has 0 aliphatic heterocycles. The predicted octanol–water partition coefficient (Wildman–Crippen LogP) is 1.47. The van der Waals surface area contributed by atoms with Gasteiger partial charge in [0, 0.05) is 25.0 Å². The van der Waals surface area contributed by atoms with E-state index < -0.39 is 0 Å². The highest BCUT2D eigenvalue weighted by atomic mass is 14.9. The van der Waals surface area contributed by atoms with Gasteiger partial charge in [0.2, 0.25) is 0 Å². The van der Waals surface area contributed by atoms with Crippen LogP contribution in [-0.4, -0.2) is 11.0 Å². The molecule has 1 aromatic heterocycles. The predicted molar refractivity (Wildman–Crippen MR) is 50.8 cm³/mol. The Morgan fingerprint density at radius 3 is 2.85 bits per heavy atom. The molecular formula is C10H13N3. The SMILES string of the molecule is CC(CC#N)NCc1ccncc1. The molecule has 0 spiro atoms. The molecule has 1 N–H and O–H groups in total. The van der Waals surface area contributed by atoms with E-state index in [9.17, 15) is 0 Å². The van der Waals surface area contributed by atoms with E-state index in [1.54, 1.807) is 12.4 Å². The summed E-state index contributed by atoms with van der Waals surface area (Å²) in [6.07, 6.45) is 4.09. The van der Waals surface area contributed by atoms with Gasteiger partial charge in [0.25, 0.3) is 0 Å². The smallest absolute Gasteiger partial charge is 0.0638 e. The fraction of sp³-hybridized carbons (Fsp3) is 0.400. The van der Waals surface area contributed by atoms with Gasteiger partial charge in [-0.05, 0) is 24.6 Å². The number of hydrogen-bond acceptors (Lipinski definition) is 3. The second kappa shape index (κ2) is 5.28. The van der Waals surface area contributed by atoms with Gasteiger partial charge in [-0.25, -0.2) is 0 Å². The first-order chi connectivity index (χ1) is 6.33. The minimum Gasteiger partial charge on any atom is -0.309 e. The van der Waals surface area contributed by atoms with Gasteiger partial charge >= 0.3 is 0 Å². The lowest BCUT2D eigenvalue weighted by Crippen LogP contribution is -2.24. The van der Waals surface area contributed by atoms with Gasteiger partial charge in [-0.3, -0.25) is 4.98 Å². The lowest BCUT2D eigenvalue weighted by atomic mass is 10.2. The van der Waals surface area contributed by atoms with Crippen molar-refractivity contribution < 1.29 is 0 Å². The maximum Gasteiger partial charge on any atom is 0.0638 e. The second-order valence-electron chi connectivity index (χ2n) is 3.00. The zero-order valence-corrected chi connectivity index (χ0v) is 7.70. The van der Waals surface area contributed by atoms with Crippen LogP contribution in [0.1, 0.15) is 18.9 Å². The number of nitrogens with one attached hydrogen (secondary N) is 1. The largest absolute Gasteiger partial charge is 0.309 e. The fourth-order valence-corrected chi connectivity index (χ4v) is 1.00. The van der Waals surface area contributed by atoms with Gasteiger partial charge in [-0.2, -0.15) is 5.26 Å². The molecule has 3 nitrogen and oxygen atoms in total. The molecule has 1 unspecified atom stereocenters. The van der Waals surface area contributed by atoms with Crippen LogP contribution in [0.2, 0.25) is 0 Å². The van der Waals surface area contributed by atoms with Crippen molar-refractivity contribution in [3.05, 3.63) is 30.1 Å². The first-order valence-electron chi connectivity index (χ1n) is 4.32. The minimum atomic E-state index is 0.248. The van der Waals surface area contributed by atoms with Crippen LogP contribution in [-0.2, 0) is 6.54 Å². The Bertz CT molecular complexity index is 276. The molecule has 0 saturated heterocycles. The molecule has 1 atom stereocenters. The number of pyridine rings is 1. The molecule has 0 radical (unpaired) electrons. The first kappa shape index (κ1) is 9.69. The molecule has 0 bridgehead atoms. The summed E-state index contributed by atoms with van der Waals surface area (Å²) in [4.78, 5) is 3.93. The van der Waals surface area contributed by atoms with Gasteiger partial charge in [0.15, 0.2) is 0 Å².